The number of hydrogen-bond donors (Lipinski definition) is 1. The smallest absolute Gasteiger partial charge is 0.0933 e. The fourth-order valence-corrected chi connectivity index (χ4v) is 0.848. The van der Waals surface area contributed by atoms with Crippen LogP contribution in [0.4, 0.5) is 0 Å². The minimum atomic E-state index is 0.650. The molecule has 1 rings (SSSR count). The molecule has 0 spiro atoms. The van der Waals surface area contributed by atoms with Crippen molar-refractivity contribution in [2.24, 2.45) is 5.73 Å². The van der Waals surface area contributed by atoms with Gasteiger partial charge in [0.1, 0.15) is 0 Å². The highest BCUT2D eigenvalue weighted by Gasteiger charge is 1.98. The van der Waals surface area contributed by atoms with Crippen molar-refractivity contribution in [2.45, 2.75) is 6.42 Å². The highest BCUT2D eigenvalue weighted by atomic mass is 16.7. The van der Waals surface area contributed by atoms with E-state index < -0.39 is 0 Å². The molecule has 3 nitrogen and oxygen atoms in total. The Bertz CT molecular complexity index is 154. The highest BCUT2D eigenvalue weighted by Crippen LogP contribution is 1.98. The van der Waals surface area contributed by atoms with Crippen molar-refractivity contribution in [3.05, 3.63) is 24.4 Å². The summed E-state index contributed by atoms with van der Waals surface area (Å²) >= 11 is 0. The van der Waals surface area contributed by atoms with Gasteiger partial charge in [0.05, 0.1) is 6.61 Å². The highest BCUT2D eigenvalue weighted by molar-refractivity contribution is 5.02. The summed E-state index contributed by atoms with van der Waals surface area (Å²) in [5.41, 5.74) is 5.36. The van der Waals surface area contributed by atoms with Crippen LogP contribution >= 0.6 is 0 Å². The van der Waals surface area contributed by atoms with Gasteiger partial charge in [-0.15, -0.1) is 0 Å². The van der Waals surface area contributed by atoms with Gasteiger partial charge in [-0.05, 0) is 19.0 Å². The molecule has 0 radical (unpaired) electrons. The lowest BCUT2D eigenvalue weighted by Crippen LogP contribution is -2.20. The van der Waals surface area contributed by atoms with E-state index in [0.29, 0.717) is 13.2 Å². The van der Waals surface area contributed by atoms with E-state index in [0.717, 1.165) is 13.0 Å². The summed E-state index contributed by atoms with van der Waals surface area (Å²) in [4.78, 5) is 5.31. The summed E-state index contributed by atoms with van der Waals surface area (Å²) < 4.78 is 0. The van der Waals surface area contributed by atoms with E-state index in [4.69, 9.17) is 10.6 Å². The lowest BCUT2D eigenvalue weighted by molar-refractivity contribution is -0.106. The molecular formula is C8H14N2O. The Kier molecular flexibility index (Phi) is 3.72. The largest absolute Gasteiger partial charge is 0.330 e. The van der Waals surface area contributed by atoms with Gasteiger partial charge in [-0.2, -0.15) is 0 Å². The minimum Gasteiger partial charge on any atom is -0.330 e. The zero-order valence-electron chi connectivity index (χ0n) is 6.57. The van der Waals surface area contributed by atoms with Crippen LogP contribution in [-0.2, 0) is 4.84 Å². The number of rotatable bonds is 3. The molecule has 2 N–H and O–H groups in total. The first kappa shape index (κ1) is 8.30. The molecule has 0 fully saturated rings. The molecular weight excluding hydrogens is 140 g/mol. The Morgan fingerprint density at radius 3 is 3.18 bits per heavy atom. The van der Waals surface area contributed by atoms with Crippen molar-refractivity contribution >= 4 is 0 Å². The number of nitrogens with two attached hydrogens (primary N) is 1. The van der Waals surface area contributed by atoms with Gasteiger partial charge in [-0.1, -0.05) is 12.2 Å². The van der Waals surface area contributed by atoms with E-state index in [2.05, 4.69) is 0 Å². The van der Waals surface area contributed by atoms with Gasteiger partial charge < -0.3 is 5.73 Å². The fourth-order valence-electron chi connectivity index (χ4n) is 0.848. The van der Waals surface area contributed by atoms with E-state index >= 15 is 0 Å². The normalized spacial score (nSPS) is 17.0. The van der Waals surface area contributed by atoms with Crippen LogP contribution in [0.15, 0.2) is 24.4 Å². The van der Waals surface area contributed by atoms with Gasteiger partial charge in [-0.3, -0.25) is 9.90 Å². The molecule has 1 aliphatic heterocycles. The Balaban J connectivity index is 2.23. The van der Waals surface area contributed by atoms with Crippen molar-refractivity contribution in [1.82, 2.24) is 5.06 Å². The molecule has 0 saturated heterocycles. The predicted octanol–water partition coefficient (Wildman–Crippen LogP) is 0.652. The third-order valence-corrected chi connectivity index (χ3v) is 1.42. The molecule has 0 amide bonds. The summed E-state index contributed by atoms with van der Waals surface area (Å²) in [6.07, 6.45) is 8.79. The molecule has 3 heteroatoms. The molecule has 62 valence electrons. The first-order valence-electron chi connectivity index (χ1n) is 3.86. The Labute approximate surface area is 67.1 Å². The van der Waals surface area contributed by atoms with Crippen LogP contribution < -0.4 is 5.73 Å². The van der Waals surface area contributed by atoms with E-state index in [1.807, 2.05) is 29.5 Å². The Hall–Kier alpha value is -0.800. The van der Waals surface area contributed by atoms with Crippen LogP contribution in [0.1, 0.15) is 6.42 Å². The average Bonchev–Trinajstić information content (AvgIpc) is 2.28. The van der Waals surface area contributed by atoms with E-state index in [9.17, 15) is 0 Å². The molecule has 0 aliphatic carbocycles. The van der Waals surface area contributed by atoms with E-state index in [-0.39, 0.29) is 0 Å². The summed E-state index contributed by atoms with van der Waals surface area (Å²) in [6.45, 7) is 2.23. The average molecular weight is 154 g/mol. The van der Waals surface area contributed by atoms with Crippen molar-refractivity contribution in [1.29, 1.82) is 0 Å². The molecule has 0 aromatic rings. The lowest BCUT2D eigenvalue weighted by atomic mass is 10.4. The van der Waals surface area contributed by atoms with Gasteiger partial charge in [0, 0.05) is 12.7 Å². The molecule has 0 saturated carbocycles. The zero-order valence-corrected chi connectivity index (χ0v) is 6.57. The monoisotopic (exact) mass is 154 g/mol. The quantitative estimate of drug-likeness (QED) is 0.648. The van der Waals surface area contributed by atoms with Gasteiger partial charge in [0.25, 0.3) is 0 Å². The molecule has 0 atom stereocenters. The summed E-state index contributed by atoms with van der Waals surface area (Å²) in [7, 11) is 0. The maximum atomic E-state index is 5.36. The number of nitrogens with zero attached hydrogens (tertiary/aromatic N) is 1. The molecule has 1 heterocycles. The molecule has 11 heavy (non-hydrogen) atoms. The molecule has 0 unspecified atom stereocenters. The first-order valence-corrected chi connectivity index (χ1v) is 3.86. The van der Waals surface area contributed by atoms with Gasteiger partial charge in [0.15, 0.2) is 0 Å². The predicted molar refractivity (Wildman–Crippen MR) is 44.6 cm³/mol. The van der Waals surface area contributed by atoms with Gasteiger partial charge in [0.2, 0.25) is 0 Å². The third kappa shape index (κ3) is 3.20. The second kappa shape index (κ2) is 4.93. The van der Waals surface area contributed by atoms with Crippen molar-refractivity contribution in [3.63, 3.8) is 0 Å². The maximum absolute atomic E-state index is 5.36. The standard InChI is InChI=1S/C8H14N2O/c9-5-4-7-10-6-2-1-3-8-11-10/h1-3,6H,4-5,7-9H2. The van der Waals surface area contributed by atoms with E-state index in [1.54, 1.807) is 0 Å². The SMILES string of the molecule is NCCCN1C=CC=CCO1. The summed E-state index contributed by atoms with van der Waals surface area (Å²) in [5, 5.41) is 1.81. The number of hydroxylamine groups is 2. The molecule has 0 aromatic carbocycles. The van der Waals surface area contributed by atoms with Gasteiger partial charge in [-0.25, -0.2) is 0 Å². The van der Waals surface area contributed by atoms with E-state index in [1.165, 1.54) is 0 Å². The first-order chi connectivity index (χ1) is 5.43. The second-order valence-electron chi connectivity index (χ2n) is 2.35. The van der Waals surface area contributed by atoms with Crippen molar-refractivity contribution in [2.75, 3.05) is 19.7 Å². The Morgan fingerprint density at radius 1 is 1.45 bits per heavy atom. The summed E-state index contributed by atoms with van der Waals surface area (Å²) in [6, 6.07) is 0. The topological polar surface area (TPSA) is 38.5 Å². The maximum Gasteiger partial charge on any atom is 0.0933 e. The van der Waals surface area contributed by atoms with Crippen LogP contribution in [0.2, 0.25) is 0 Å². The molecule has 1 aliphatic rings. The van der Waals surface area contributed by atoms with Crippen LogP contribution in [0.25, 0.3) is 0 Å². The van der Waals surface area contributed by atoms with Crippen molar-refractivity contribution < 1.29 is 4.84 Å². The minimum absolute atomic E-state index is 0.650. The molecule has 0 bridgehead atoms. The van der Waals surface area contributed by atoms with Crippen LogP contribution in [0.3, 0.4) is 0 Å². The fraction of sp³-hybridized carbons (Fsp3) is 0.500. The van der Waals surface area contributed by atoms with Crippen LogP contribution in [-0.4, -0.2) is 24.8 Å². The Morgan fingerprint density at radius 2 is 2.36 bits per heavy atom. The number of allylic oxidation sites excluding steroid dienone is 2. The van der Waals surface area contributed by atoms with Crippen molar-refractivity contribution in [3.8, 4) is 0 Å². The van der Waals surface area contributed by atoms with Crippen LogP contribution in [0, 0.1) is 0 Å². The molecule has 0 aromatic heterocycles. The third-order valence-electron chi connectivity index (χ3n) is 1.42. The summed E-state index contributed by atoms with van der Waals surface area (Å²) in [5.74, 6) is 0. The lowest BCUT2D eigenvalue weighted by Gasteiger charge is -2.16. The van der Waals surface area contributed by atoms with Gasteiger partial charge >= 0.3 is 0 Å². The van der Waals surface area contributed by atoms with Crippen LogP contribution in [0.5, 0.6) is 0 Å². The number of hydrogen-bond acceptors (Lipinski definition) is 3. The second-order valence-corrected chi connectivity index (χ2v) is 2.35. The zero-order chi connectivity index (χ0) is 7.94.